The van der Waals surface area contributed by atoms with Crippen molar-refractivity contribution in [2.45, 2.75) is 25.7 Å². The zero-order valence-corrected chi connectivity index (χ0v) is 13.3. The van der Waals surface area contributed by atoms with Crippen molar-refractivity contribution in [1.82, 2.24) is 10.2 Å². The maximum absolute atomic E-state index is 12.4. The van der Waals surface area contributed by atoms with E-state index >= 15 is 0 Å². The quantitative estimate of drug-likeness (QED) is 0.874. The van der Waals surface area contributed by atoms with E-state index < -0.39 is 0 Å². The first-order valence-electron chi connectivity index (χ1n) is 7.70. The Morgan fingerprint density at radius 3 is 2.76 bits per heavy atom. The second kappa shape index (κ2) is 7.46. The highest BCUT2D eigenvalue weighted by Gasteiger charge is 2.26. The summed E-state index contributed by atoms with van der Waals surface area (Å²) in [6.07, 6.45) is 1.70. The van der Waals surface area contributed by atoms with Crippen LogP contribution in [0.5, 0.6) is 5.75 Å². The monoisotopic (exact) mass is 290 g/mol. The smallest absolute Gasteiger partial charge is 0.223 e. The predicted octanol–water partition coefficient (Wildman–Crippen LogP) is 2.26. The summed E-state index contributed by atoms with van der Waals surface area (Å²) in [5, 5.41) is 3.20. The van der Waals surface area contributed by atoms with Gasteiger partial charge in [-0.15, -0.1) is 0 Å². The van der Waals surface area contributed by atoms with Gasteiger partial charge >= 0.3 is 0 Å². The van der Waals surface area contributed by atoms with Crippen LogP contribution in [0.3, 0.4) is 0 Å². The third-order valence-corrected chi connectivity index (χ3v) is 4.30. The molecular formula is C17H26N2O2. The molecule has 1 saturated heterocycles. The van der Waals surface area contributed by atoms with Crippen LogP contribution in [-0.2, 0) is 4.79 Å². The number of nitrogens with one attached hydrogen (secondary N) is 1. The average molecular weight is 290 g/mol. The molecule has 116 valence electrons. The molecular weight excluding hydrogens is 264 g/mol. The summed E-state index contributed by atoms with van der Waals surface area (Å²) in [6.45, 7) is 4.91. The van der Waals surface area contributed by atoms with Crippen LogP contribution in [0.15, 0.2) is 24.3 Å². The van der Waals surface area contributed by atoms with E-state index in [1.165, 1.54) is 5.56 Å². The van der Waals surface area contributed by atoms with Gasteiger partial charge in [-0.2, -0.15) is 0 Å². The Kier molecular flexibility index (Phi) is 5.62. The summed E-state index contributed by atoms with van der Waals surface area (Å²) in [5.74, 6) is 1.98. The molecule has 0 radical (unpaired) electrons. The molecule has 0 aromatic heterocycles. The first kappa shape index (κ1) is 15.8. The second-order valence-electron chi connectivity index (χ2n) is 5.93. The first-order chi connectivity index (χ1) is 10.1. The predicted molar refractivity (Wildman–Crippen MR) is 84.6 cm³/mol. The number of nitrogens with zero attached hydrogens (tertiary/aromatic N) is 1. The Morgan fingerprint density at radius 2 is 2.14 bits per heavy atom. The van der Waals surface area contributed by atoms with Crippen molar-refractivity contribution in [3.05, 3.63) is 29.8 Å². The van der Waals surface area contributed by atoms with Crippen molar-refractivity contribution >= 4 is 5.91 Å². The fourth-order valence-corrected chi connectivity index (χ4v) is 2.96. The van der Waals surface area contributed by atoms with Gasteiger partial charge in [-0.05, 0) is 49.5 Å². The van der Waals surface area contributed by atoms with Crippen molar-refractivity contribution in [3.63, 3.8) is 0 Å². The van der Waals surface area contributed by atoms with Crippen molar-refractivity contribution in [2.24, 2.45) is 5.92 Å². The summed E-state index contributed by atoms with van der Waals surface area (Å²) < 4.78 is 5.16. The molecule has 0 bridgehead atoms. The number of rotatable bonds is 6. The Morgan fingerprint density at radius 1 is 1.43 bits per heavy atom. The highest BCUT2D eigenvalue weighted by molar-refractivity contribution is 5.77. The number of ether oxygens (including phenoxy) is 1. The molecule has 21 heavy (non-hydrogen) atoms. The fraction of sp³-hybridized carbons (Fsp3) is 0.588. The minimum Gasteiger partial charge on any atom is -0.497 e. The Labute approximate surface area is 127 Å². The molecule has 1 aromatic rings. The highest BCUT2D eigenvalue weighted by Crippen LogP contribution is 2.24. The molecule has 1 heterocycles. The van der Waals surface area contributed by atoms with Gasteiger partial charge in [0.05, 0.1) is 7.11 Å². The number of hydrogen-bond acceptors (Lipinski definition) is 3. The lowest BCUT2D eigenvalue weighted by atomic mass is 9.97. The van der Waals surface area contributed by atoms with Crippen LogP contribution in [0.4, 0.5) is 0 Å². The van der Waals surface area contributed by atoms with Gasteiger partial charge in [-0.1, -0.05) is 19.1 Å². The van der Waals surface area contributed by atoms with Crippen molar-refractivity contribution in [1.29, 1.82) is 0 Å². The fourth-order valence-electron chi connectivity index (χ4n) is 2.96. The maximum Gasteiger partial charge on any atom is 0.223 e. The van der Waals surface area contributed by atoms with Crippen LogP contribution in [-0.4, -0.2) is 44.6 Å². The summed E-state index contributed by atoms with van der Waals surface area (Å²) >= 11 is 0. The summed E-state index contributed by atoms with van der Waals surface area (Å²) in [6, 6.07) is 8.00. The lowest BCUT2D eigenvalue weighted by molar-refractivity contribution is -0.130. The molecule has 0 saturated carbocycles. The number of hydrogen-bond donors (Lipinski definition) is 1. The molecule has 1 fully saturated rings. The topological polar surface area (TPSA) is 41.6 Å². The zero-order chi connectivity index (χ0) is 15.2. The molecule has 4 heteroatoms. The molecule has 2 rings (SSSR count). The van der Waals surface area contributed by atoms with E-state index in [0.29, 0.717) is 12.3 Å². The van der Waals surface area contributed by atoms with E-state index in [1.54, 1.807) is 7.11 Å². The van der Waals surface area contributed by atoms with E-state index in [9.17, 15) is 4.79 Å². The molecule has 0 spiro atoms. The van der Waals surface area contributed by atoms with Gasteiger partial charge in [-0.3, -0.25) is 4.79 Å². The van der Waals surface area contributed by atoms with Crippen molar-refractivity contribution in [2.75, 3.05) is 33.8 Å². The summed E-state index contributed by atoms with van der Waals surface area (Å²) in [5.41, 5.74) is 1.19. The van der Waals surface area contributed by atoms with E-state index in [0.717, 1.165) is 31.8 Å². The normalized spacial score (nSPS) is 19.6. The second-order valence-corrected chi connectivity index (χ2v) is 5.93. The standard InChI is InChI=1S/C17H26N2O2/c1-13(15-4-6-16(21-3)7-5-15)10-17(20)19-9-8-14(12-19)11-18-2/h4-7,13-14,18H,8-12H2,1-3H3. The third kappa shape index (κ3) is 4.21. The van der Waals surface area contributed by atoms with Gasteiger partial charge in [0.1, 0.15) is 5.75 Å². The van der Waals surface area contributed by atoms with Gasteiger partial charge < -0.3 is 15.0 Å². The lowest BCUT2D eigenvalue weighted by Gasteiger charge is -2.19. The number of methoxy groups -OCH3 is 1. The van der Waals surface area contributed by atoms with E-state index in [2.05, 4.69) is 12.2 Å². The Hall–Kier alpha value is -1.55. The van der Waals surface area contributed by atoms with Gasteiger partial charge in [0.25, 0.3) is 0 Å². The van der Waals surface area contributed by atoms with Crippen LogP contribution in [0.25, 0.3) is 0 Å². The average Bonchev–Trinajstić information content (AvgIpc) is 2.96. The number of carbonyl (C=O) groups is 1. The Bertz CT molecular complexity index is 458. The van der Waals surface area contributed by atoms with Gasteiger partial charge in [0.15, 0.2) is 0 Å². The number of carbonyl (C=O) groups excluding carboxylic acids is 1. The molecule has 1 aliphatic rings. The number of likely N-dealkylation sites (tertiary alicyclic amines) is 1. The number of amides is 1. The summed E-state index contributed by atoms with van der Waals surface area (Å²) in [7, 11) is 3.63. The minimum absolute atomic E-state index is 0.242. The Balaban J connectivity index is 1.87. The van der Waals surface area contributed by atoms with Gasteiger partial charge in [-0.25, -0.2) is 0 Å². The summed E-state index contributed by atoms with van der Waals surface area (Å²) in [4.78, 5) is 14.4. The van der Waals surface area contributed by atoms with Crippen LogP contribution in [0, 0.1) is 5.92 Å². The molecule has 1 aromatic carbocycles. The molecule has 2 atom stereocenters. The van der Waals surface area contributed by atoms with E-state index in [-0.39, 0.29) is 11.8 Å². The van der Waals surface area contributed by atoms with Crippen LogP contribution in [0.2, 0.25) is 0 Å². The number of benzene rings is 1. The van der Waals surface area contributed by atoms with E-state index in [4.69, 9.17) is 4.74 Å². The largest absolute Gasteiger partial charge is 0.497 e. The van der Waals surface area contributed by atoms with Crippen molar-refractivity contribution in [3.8, 4) is 5.75 Å². The minimum atomic E-state index is 0.242. The highest BCUT2D eigenvalue weighted by atomic mass is 16.5. The lowest BCUT2D eigenvalue weighted by Crippen LogP contribution is -2.31. The molecule has 4 nitrogen and oxygen atoms in total. The molecule has 1 amide bonds. The first-order valence-corrected chi connectivity index (χ1v) is 7.70. The molecule has 1 N–H and O–H groups in total. The molecule has 1 aliphatic heterocycles. The van der Waals surface area contributed by atoms with Crippen LogP contribution < -0.4 is 10.1 Å². The van der Waals surface area contributed by atoms with Crippen molar-refractivity contribution < 1.29 is 9.53 Å². The van der Waals surface area contributed by atoms with E-state index in [1.807, 2.05) is 36.2 Å². The van der Waals surface area contributed by atoms with Crippen LogP contribution >= 0.6 is 0 Å². The van der Waals surface area contributed by atoms with Crippen LogP contribution in [0.1, 0.15) is 31.2 Å². The van der Waals surface area contributed by atoms with Gasteiger partial charge in [0, 0.05) is 19.5 Å². The molecule has 0 aliphatic carbocycles. The SMILES string of the molecule is CNCC1CCN(C(=O)CC(C)c2ccc(OC)cc2)C1. The maximum atomic E-state index is 12.4. The van der Waals surface area contributed by atoms with Gasteiger partial charge in [0.2, 0.25) is 5.91 Å². The zero-order valence-electron chi connectivity index (χ0n) is 13.3. The molecule has 2 unspecified atom stereocenters. The third-order valence-electron chi connectivity index (χ3n) is 4.30.